The molecular formula is C28H19ClN4O3S. The molecule has 3 aromatic carbocycles. The van der Waals surface area contributed by atoms with E-state index in [2.05, 4.69) is 11.4 Å². The average Bonchev–Trinajstić information content (AvgIpc) is 3.37. The van der Waals surface area contributed by atoms with Crippen LogP contribution >= 0.6 is 23.4 Å². The maximum atomic E-state index is 13.1. The number of imide groups is 1. The van der Waals surface area contributed by atoms with E-state index in [0.717, 1.165) is 33.1 Å². The first-order chi connectivity index (χ1) is 17.9. The van der Waals surface area contributed by atoms with Crippen LogP contribution in [0.5, 0.6) is 0 Å². The second-order valence-corrected chi connectivity index (χ2v) is 9.75. The molecule has 1 aromatic heterocycles. The quantitative estimate of drug-likeness (QED) is 0.309. The van der Waals surface area contributed by atoms with Gasteiger partial charge < -0.3 is 9.88 Å². The first-order valence-corrected chi connectivity index (χ1v) is 12.5. The summed E-state index contributed by atoms with van der Waals surface area (Å²) in [5, 5.41) is 13.2. The summed E-state index contributed by atoms with van der Waals surface area (Å²) >= 11 is 6.77. The molecule has 1 fully saturated rings. The number of carbonyl (C=O) groups is 3. The van der Waals surface area contributed by atoms with Gasteiger partial charge >= 0.3 is 0 Å². The van der Waals surface area contributed by atoms with E-state index in [0.29, 0.717) is 21.8 Å². The molecule has 7 nitrogen and oxygen atoms in total. The van der Waals surface area contributed by atoms with Crippen molar-refractivity contribution in [2.75, 3.05) is 5.32 Å². The summed E-state index contributed by atoms with van der Waals surface area (Å²) < 4.78 is 1.81. The Balaban J connectivity index is 1.40. The van der Waals surface area contributed by atoms with E-state index in [1.807, 2.05) is 24.3 Å². The summed E-state index contributed by atoms with van der Waals surface area (Å²) in [5.74, 6) is -0.633. The van der Waals surface area contributed by atoms with E-state index < -0.39 is 11.1 Å². The van der Waals surface area contributed by atoms with Crippen LogP contribution in [0.1, 0.15) is 16.7 Å². The number of aromatic nitrogens is 1. The molecule has 4 aromatic rings. The van der Waals surface area contributed by atoms with Crippen molar-refractivity contribution in [1.29, 1.82) is 5.26 Å². The zero-order chi connectivity index (χ0) is 25.9. The van der Waals surface area contributed by atoms with Gasteiger partial charge in [-0.15, -0.1) is 0 Å². The van der Waals surface area contributed by atoms with Crippen LogP contribution in [0.3, 0.4) is 0 Å². The van der Waals surface area contributed by atoms with Crippen LogP contribution in [0, 0.1) is 11.3 Å². The SMILES string of the molecule is N#Cc1ccccc1CN1C(=O)S/C(=C/c2cn(CC(=O)Nc3ccc(Cl)cc3)c3ccccc23)C1=O. The Bertz CT molecular complexity index is 1620. The number of halogens is 1. The molecule has 0 saturated carbocycles. The number of amides is 3. The smallest absolute Gasteiger partial charge is 0.293 e. The molecule has 0 radical (unpaired) electrons. The lowest BCUT2D eigenvalue weighted by molar-refractivity contribution is -0.123. The van der Waals surface area contributed by atoms with Crippen molar-refractivity contribution in [3.8, 4) is 6.07 Å². The third kappa shape index (κ3) is 5.14. The molecule has 37 heavy (non-hydrogen) atoms. The first kappa shape index (κ1) is 24.4. The van der Waals surface area contributed by atoms with Crippen LogP contribution < -0.4 is 5.32 Å². The van der Waals surface area contributed by atoms with Crippen LogP contribution in [0.4, 0.5) is 10.5 Å². The van der Waals surface area contributed by atoms with Gasteiger partial charge in [0, 0.05) is 33.4 Å². The Morgan fingerprint density at radius 1 is 1.03 bits per heavy atom. The van der Waals surface area contributed by atoms with Crippen molar-refractivity contribution in [1.82, 2.24) is 9.47 Å². The van der Waals surface area contributed by atoms with E-state index in [-0.39, 0.29) is 23.9 Å². The largest absolute Gasteiger partial charge is 0.337 e. The van der Waals surface area contributed by atoms with Gasteiger partial charge in [0.05, 0.1) is 23.1 Å². The molecule has 0 atom stereocenters. The highest BCUT2D eigenvalue weighted by Crippen LogP contribution is 2.35. The number of carbonyl (C=O) groups excluding carboxylic acids is 3. The molecule has 0 bridgehead atoms. The molecule has 1 saturated heterocycles. The minimum Gasteiger partial charge on any atom is -0.337 e. The summed E-state index contributed by atoms with van der Waals surface area (Å²) in [6, 6.07) is 23.4. The summed E-state index contributed by atoms with van der Waals surface area (Å²) in [6.45, 7) is 0.0851. The zero-order valence-corrected chi connectivity index (χ0v) is 20.9. The normalized spacial score (nSPS) is 14.4. The maximum Gasteiger partial charge on any atom is 0.293 e. The second kappa shape index (κ2) is 10.3. The number of nitrogens with zero attached hydrogens (tertiary/aromatic N) is 3. The van der Waals surface area contributed by atoms with Crippen molar-refractivity contribution in [2.24, 2.45) is 0 Å². The fraction of sp³-hybridized carbons (Fsp3) is 0.0714. The van der Waals surface area contributed by atoms with Gasteiger partial charge in [0.25, 0.3) is 11.1 Å². The van der Waals surface area contributed by atoms with Gasteiger partial charge in [0.1, 0.15) is 6.54 Å². The van der Waals surface area contributed by atoms with E-state index in [1.54, 1.807) is 65.4 Å². The number of para-hydroxylation sites is 1. The van der Waals surface area contributed by atoms with E-state index in [4.69, 9.17) is 11.6 Å². The molecule has 0 spiro atoms. The fourth-order valence-electron chi connectivity index (χ4n) is 4.12. The molecule has 1 aliphatic rings. The van der Waals surface area contributed by atoms with Crippen molar-refractivity contribution in [3.05, 3.63) is 106 Å². The topological polar surface area (TPSA) is 95.2 Å². The lowest BCUT2D eigenvalue weighted by Crippen LogP contribution is -2.27. The third-order valence-electron chi connectivity index (χ3n) is 5.89. The summed E-state index contributed by atoms with van der Waals surface area (Å²) in [6.07, 6.45) is 3.47. The summed E-state index contributed by atoms with van der Waals surface area (Å²) in [5.41, 5.74) is 3.21. The second-order valence-electron chi connectivity index (χ2n) is 8.32. The molecule has 1 N–H and O–H groups in total. The number of benzene rings is 3. The molecule has 1 aliphatic heterocycles. The highest BCUT2D eigenvalue weighted by molar-refractivity contribution is 8.18. The monoisotopic (exact) mass is 526 g/mol. The number of anilines is 1. The summed E-state index contributed by atoms with van der Waals surface area (Å²) in [7, 11) is 0. The Morgan fingerprint density at radius 3 is 2.54 bits per heavy atom. The Morgan fingerprint density at radius 2 is 1.76 bits per heavy atom. The molecule has 3 amide bonds. The zero-order valence-electron chi connectivity index (χ0n) is 19.3. The minimum atomic E-state index is -0.417. The Kier molecular flexibility index (Phi) is 6.82. The van der Waals surface area contributed by atoms with E-state index >= 15 is 0 Å². The molecule has 182 valence electrons. The van der Waals surface area contributed by atoms with Crippen LogP contribution in [-0.2, 0) is 22.7 Å². The number of rotatable bonds is 6. The van der Waals surface area contributed by atoms with Gasteiger partial charge in [-0.05, 0) is 59.8 Å². The number of hydrogen-bond acceptors (Lipinski definition) is 5. The van der Waals surface area contributed by atoms with E-state index in [1.165, 1.54) is 0 Å². The average molecular weight is 527 g/mol. The number of nitriles is 1. The number of thioether (sulfide) groups is 1. The van der Waals surface area contributed by atoms with Gasteiger partial charge in [-0.1, -0.05) is 48.0 Å². The number of hydrogen-bond donors (Lipinski definition) is 1. The highest BCUT2D eigenvalue weighted by Gasteiger charge is 2.35. The van der Waals surface area contributed by atoms with Crippen LogP contribution in [0.15, 0.2) is 83.9 Å². The van der Waals surface area contributed by atoms with Crippen molar-refractivity contribution in [2.45, 2.75) is 13.1 Å². The molecule has 9 heteroatoms. The first-order valence-electron chi connectivity index (χ1n) is 11.3. The van der Waals surface area contributed by atoms with Crippen LogP contribution in [0.2, 0.25) is 5.02 Å². The fourth-order valence-corrected chi connectivity index (χ4v) is 5.08. The van der Waals surface area contributed by atoms with Crippen LogP contribution in [-0.4, -0.2) is 26.5 Å². The Labute approximate surface area is 221 Å². The predicted molar refractivity (Wildman–Crippen MR) is 145 cm³/mol. The lowest BCUT2D eigenvalue weighted by atomic mass is 10.1. The number of fused-ring (bicyclic) bond motifs is 1. The standard InChI is InChI=1S/C28H19ClN4O3S/c29-21-9-11-22(12-10-21)31-26(34)17-32-15-20(23-7-3-4-8-24(23)32)13-25-27(35)33(28(36)37-25)16-19-6-2-1-5-18(19)14-30/h1-13,15H,16-17H2,(H,31,34)/b25-13+. The molecule has 0 aliphatic carbocycles. The van der Waals surface area contributed by atoms with Gasteiger partial charge in [-0.2, -0.15) is 5.26 Å². The van der Waals surface area contributed by atoms with Gasteiger partial charge in [-0.3, -0.25) is 19.3 Å². The lowest BCUT2D eigenvalue weighted by Gasteiger charge is -2.13. The Hall–Kier alpha value is -4.32. The minimum absolute atomic E-state index is 0.0262. The predicted octanol–water partition coefficient (Wildman–Crippen LogP) is 6.04. The molecule has 5 rings (SSSR count). The van der Waals surface area contributed by atoms with Crippen molar-refractivity contribution in [3.63, 3.8) is 0 Å². The molecule has 0 unspecified atom stereocenters. The van der Waals surface area contributed by atoms with Gasteiger partial charge in [0.2, 0.25) is 5.91 Å². The number of nitrogens with one attached hydrogen (secondary N) is 1. The summed E-state index contributed by atoms with van der Waals surface area (Å²) in [4.78, 5) is 39.9. The van der Waals surface area contributed by atoms with E-state index in [9.17, 15) is 19.6 Å². The molecule has 2 heterocycles. The third-order valence-corrected chi connectivity index (χ3v) is 7.05. The van der Waals surface area contributed by atoms with Crippen molar-refractivity contribution < 1.29 is 14.4 Å². The van der Waals surface area contributed by atoms with Gasteiger partial charge in [-0.25, -0.2) is 0 Å². The maximum absolute atomic E-state index is 13.1. The van der Waals surface area contributed by atoms with Gasteiger partial charge in [0.15, 0.2) is 0 Å². The van der Waals surface area contributed by atoms with Crippen LogP contribution in [0.25, 0.3) is 17.0 Å². The molecular weight excluding hydrogens is 508 g/mol. The van der Waals surface area contributed by atoms with Crippen molar-refractivity contribution >= 4 is 63.1 Å². The highest BCUT2D eigenvalue weighted by atomic mass is 35.5.